The summed E-state index contributed by atoms with van der Waals surface area (Å²) in [6, 6.07) is 7.67. The molecule has 5 nitrogen and oxygen atoms in total. The van der Waals surface area contributed by atoms with Gasteiger partial charge < -0.3 is 24.4 Å². The van der Waals surface area contributed by atoms with E-state index in [1.165, 1.54) is 18.2 Å². The number of rotatable bonds is 1. The summed E-state index contributed by atoms with van der Waals surface area (Å²) in [6.07, 6.45) is 0. The molecule has 106 valence electrons. The highest BCUT2D eigenvalue weighted by Crippen LogP contribution is 2.37. The average Bonchev–Trinajstić information content (AvgIpc) is 2.92. The van der Waals surface area contributed by atoms with Crippen molar-refractivity contribution >= 4 is 0 Å². The number of phenols is 2. The molecule has 0 saturated carbocycles. The van der Waals surface area contributed by atoms with Crippen molar-refractivity contribution in [2.24, 2.45) is 0 Å². The molecule has 1 aliphatic rings. The van der Waals surface area contributed by atoms with Gasteiger partial charge in [0.1, 0.15) is 17.2 Å². The summed E-state index contributed by atoms with van der Waals surface area (Å²) < 4.78 is 15.8. The number of fused-ring (bicyclic) bond motifs is 1. The average molecular weight is 284 g/mol. The summed E-state index contributed by atoms with van der Waals surface area (Å²) >= 11 is 0. The van der Waals surface area contributed by atoms with Gasteiger partial charge in [0.2, 0.25) is 6.79 Å². The van der Waals surface area contributed by atoms with Crippen LogP contribution in [0.3, 0.4) is 0 Å². The van der Waals surface area contributed by atoms with Crippen LogP contribution in [-0.2, 0) is 0 Å². The fourth-order valence-electron chi connectivity index (χ4n) is 1.95. The summed E-state index contributed by atoms with van der Waals surface area (Å²) in [5.41, 5.74) is 1.03. The summed E-state index contributed by atoms with van der Waals surface area (Å²) in [7, 11) is 1.54. The Morgan fingerprint density at radius 3 is 2.43 bits per heavy atom. The van der Waals surface area contributed by atoms with Gasteiger partial charge in [0.05, 0.1) is 18.2 Å². The van der Waals surface area contributed by atoms with Gasteiger partial charge in [-0.15, -0.1) is 0 Å². The Hall–Kier alpha value is -3.00. The predicted molar refractivity (Wildman–Crippen MR) is 74.9 cm³/mol. The van der Waals surface area contributed by atoms with Crippen LogP contribution in [0.25, 0.3) is 0 Å². The number of hydrogen-bond acceptors (Lipinski definition) is 5. The lowest BCUT2D eigenvalue weighted by Gasteiger charge is -2.04. The van der Waals surface area contributed by atoms with Crippen molar-refractivity contribution in [3.05, 3.63) is 41.5 Å². The molecule has 0 fully saturated rings. The van der Waals surface area contributed by atoms with Crippen LogP contribution < -0.4 is 14.2 Å². The zero-order chi connectivity index (χ0) is 14.8. The minimum Gasteiger partial charge on any atom is -0.508 e. The minimum atomic E-state index is -0.0813. The molecule has 2 aromatic rings. The van der Waals surface area contributed by atoms with Gasteiger partial charge in [-0.2, -0.15) is 0 Å². The fourth-order valence-corrected chi connectivity index (χ4v) is 1.95. The fraction of sp³-hybridized carbons (Fsp3) is 0.125. The first kappa shape index (κ1) is 13.0. The lowest BCUT2D eigenvalue weighted by molar-refractivity contribution is 0.174. The summed E-state index contributed by atoms with van der Waals surface area (Å²) in [5.74, 6) is 7.44. The number of benzene rings is 2. The third kappa shape index (κ3) is 2.51. The molecule has 1 heterocycles. The Labute approximate surface area is 121 Å². The van der Waals surface area contributed by atoms with E-state index in [0.29, 0.717) is 28.4 Å². The molecule has 3 rings (SSSR count). The number of hydrogen-bond donors (Lipinski definition) is 2. The lowest BCUT2D eigenvalue weighted by Crippen LogP contribution is -1.92. The molecular formula is C16H12O5. The molecule has 21 heavy (non-hydrogen) atoms. The number of phenolic OH excluding ortho intramolecular Hbond substituents is 2. The zero-order valence-electron chi connectivity index (χ0n) is 11.2. The predicted octanol–water partition coefficient (Wildman–Crippen LogP) is 2.23. The van der Waals surface area contributed by atoms with Gasteiger partial charge in [-0.1, -0.05) is 11.8 Å². The van der Waals surface area contributed by atoms with E-state index in [9.17, 15) is 10.2 Å². The second kappa shape index (κ2) is 5.17. The zero-order valence-corrected chi connectivity index (χ0v) is 11.2. The van der Waals surface area contributed by atoms with Crippen molar-refractivity contribution in [1.29, 1.82) is 0 Å². The molecule has 0 amide bonds. The van der Waals surface area contributed by atoms with Gasteiger partial charge in [-0.25, -0.2) is 0 Å². The summed E-state index contributed by atoms with van der Waals surface area (Å²) in [6.45, 7) is 0.175. The SMILES string of the molecule is COc1cc2c(cc1C#Cc1ccc(O)cc1O)OCO2. The van der Waals surface area contributed by atoms with Crippen molar-refractivity contribution in [3.63, 3.8) is 0 Å². The molecule has 5 heteroatoms. The van der Waals surface area contributed by atoms with E-state index in [-0.39, 0.29) is 18.3 Å². The van der Waals surface area contributed by atoms with Crippen molar-refractivity contribution < 1.29 is 24.4 Å². The Balaban J connectivity index is 2.00. The van der Waals surface area contributed by atoms with E-state index < -0.39 is 0 Å². The van der Waals surface area contributed by atoms with Crippen LogP contribution in [0.5, 0.6) is 28.7 Å². The Kier molecular flexibility index (Phi) is 3.20. The normalized spacial score (nSPS) is 11.7. The smallest absolute Gasteiger partial charge is 0.231 e. The first-order chi connectivity index (χ1) is 10.2. The van der Waals surface area contributed by atoms with Crippen molar-refractivity contribution in [3.8, 4) is 40.6 Å². The maximum Gasteiger partial charge on any atom is 0.231 e. The molecule has 2 N–H and O–H groups in total. The highest BCUT2D eigenvalue weighted by atomic mass is 16.7. The minimum absolute atomic E-state index is 0.0151. The second-order valence-electron chi connectivity index (χ2n) is 4.36. The van der Waals surface area contributed by atoms with Crippen molar-refractivity contribution in [2.75, 3.05) is 13.9 Å². The largest absolute Gasteiger partial charge is 0.508 e. The monoisotopic (exact) mass is 284 g/mol. The quantitative estimate of drug-likeness (QED) is 0.786. The Morgan fingerprint density at radius 1 is 1.00 bits per heavy atom. The van der Waals surface area contributed by atoms with Crippen molar-refractivity contribution in [1.82, 2.24) is 0 Å². The molecule has 0 radical (unpaired) electrons. The van der Waals surface area contributed by atoms with Crippen LogP contribution in [0.15, 0.2) is 30.3 Å². The molecule has 0 unspecified atom stereocenters. The van der Waals surface area contributed by atoms with Crippen LogP contribution in [0.1, 0.15) is 11.1 Å². The van der Waals surface area contributed by atoms with E-state index in [2.05, 4.69) is 11.8 Å². The summed E-state index contributed by atoms with van der Waals surface area (Å²) in [4.78, 5) is 0. The standard InChI is InChI=1S/C16H12O5/c1-19-14-8-16-15(20-9-21-16)6-11(14)3-2-10-4-5-12(17)7-13(10)18/h4-8,17-18H,9H2,1H3. The molecule has 0 aromatic heterocycles. The maximum absolute atomic E-state index is 9.71. The van der Waals surface area contributed by atoms with Gasteiger partial charge in [-0.3, -0.25) is 0 Å². The van der Waals surface area contributed by atoms with E-state index in [4.69, 9.17) is 14.2 Å². The maximum atomic E-state index is 9.71. The first-order valence-electron chi connectivity index (χ1n) is 6.19. The summed E-state index contributed by atoms with van der Waals surface area (Å²) in [5, 5.41) is 19.0. The lowest BCUT2D eigenvalue weighted by atomic mass is 10.1. The molecule has 0 bridgehead atoms. The third-order valence-corrected chi connectivity index (χ3v) is 3.01. The van der Waals surface area contributed by atoms with Crippen LogP contribution >= 0.6 is 0 Å². The van der Waals surface area contributed by atoms with E-state index >= 15 is 0 Å². The highest BCUT2D eigenvalue weighted by Gasteiger charge is 2.16. The number of aromatic hydroxyl groups is 2. The second-order valence-corrected chi connectivity index (χ2v) is 4.36. The molecule has 1 aliphatic heterocycles. The number of ether oxygens (including phenoxy) is 3. The van der Waals surface area contributed by atoms with Crippen LogP contribution in [0, 0.1) is 11.8 Å². The topological polar surface area (TPSA) is 68.2 Å². The Bertz CT molecular complexity index is 755. The van der Waals surface area contributed by atoms with E-state index in [1.54, 1.807) is 19.2 Å². The molecule has 0 saturated heterocycles. The first-order valence-corrected chi connectivity index (χ1v) is 6.19. The van der Waals surface area contributed by atoms with Crippen LogP contribution in [0.2, 0.25) is 0 Å². The highest BCUT2D eigenvalue weighted by molar-refractivity contribution is 5.60. The van der Waals surface area contributed by atoms with E-state index in [1.807, 2.05) is 0 Å². The van der Waals surface area contributed by atoms with E-state index in [0.717, 1.165) is 0 Å². The van der Waals surface area contributed by atoms with Gasteiger partial charge in [0.15, 0.2) is 11.5 Å². The molecule has 0 atom stereocenters. The van der Waals surface area contributed by atoms with Gasteiger partial charge in [0, 0.05) is 18.2 Å². The molecule has 2 aromatic carbocycles. The van der Waals surface area contributed by atoms with Gasteiger partial charge >= 0.3 is 0 Å². The third-order valence-electron chi connectivity index (χ3n) is 3.01. The molecule has 0 aliphatic carbocycles. The van der Waals surface area contributed by atoms with Crippen LogP contribution in [0.4, 0.5) is 0 Å². The Morgan fingerprint density at radius 2 is 1.71 bits per heavy atom. The molecular weight excluding hydrogens is 272 g/mol. The number of methoxy groups -OCH3 is 1. The van der Waals surface area contributed by atoms with Gasteiger partial charge in [-0.05, 0) is 12.1 Å². The van der Waals surface area contributed by atoms with Crippen molar-refractivity contribution in [2.45, 2.75) is 0 Å². The molecule has 0 spiro atoms. The van der Waals surface area contributed by atoms with Gasteiger partial charge in [0.25, 0.3) is 0 Å². The van der Waals surface area contributed by atoms with Crippen LogP contribution in [-0.4, -0.2) is 24.1 Å².